The van der Waals surface area contributed by atoms with Crippen molar-refractivity contribution in [1.29, 1.82) is 0 Å². The lowest BCUT2D eigenvalue weighted by Crippen LogP contribution is -2.29. The van der Waals surface area contributed by atoms with Crippen LogP contribution in [0.1, 0.15) is 27.4 Å². The molecule has 1 amide bonds. The largest absolute Gasteiger partial charge is 0.396 e. The van der Waals surface area contributed by atoms with Gasteiger partial charge in [0, 0.05) is 12.0 Å². The van der Waals surface area contributed by atoms with Crippen LogP contribution in [0.25, 0.3) is 0 Å². The summed E-state index contributed by atoms with van der Waals surface area (Å²) in [6.45, 7) is 0. The maximum Gasteiger partial charge on any atom is 0.253 e. The van der Waals surface area contributed by atoms with Gasteiger partial charge in [0.1, 0.15) is 0 Å². The average Bonchev–Trinajstić information content (AvgIpc) is 3.02. The Morgan fingerprint density at radius 3 is 2.77 bits per heavy atom. The molecule has 2 aromatic carbocycles. The molecular weight excluding hydrogens is 319 g/mol. The highest BCUT2D eigenvalue weighted by Gasteiger charge is 2.56. The van der Waals surface area contributed by atoms with E-state index in [1.807, 2.05) is 0 Å². The molecule has 0 aliphatic heterocycles. The van der Waals surface area contributed by atoms with Crippen LogP contribution in [0.2, 0.25) is 10.0 Å². The Morgan fingerprint density at radius 1 is 1.18 bits per heavy atom. The van der Waals surface area contributed by atoms with Gasteiger partial charge >= 0.3 is 0 Å². The standard InChI is InChI=1S/C17H14Cl2N2O/c18-12-6-5-10(14(19)15(12)20)17(22)21-16-11-7-8-3-1-2-4-9(8)13(11)16/h1-6,11,13,16H,7,20H2,(H,21,22). The molecule has 2 aliphatic rings. The minimum atomic E-state index is -0.190. The molecule has 0 spiro atoms. The van der Waals surface area contributed by atoms with Gasteiger partial charge in [-0.2, -0.15) is 0 Å². The quantitative estimate of drug-likeness (QED) is 0.825. The molecule has 3 atom stereocenters. The van der Waals surface area contributed by atoms with E-state index >= 15 is 0 Å². The van der Waals surface area contributed by atoms with Gasteiger partial charge in [0.15, 0.2) is 0 Å². The summed E-state index contributed by atoms with van der Waals surface area (Å²) >= 11 is 12.0. The highest BCUT2D eigenvalue weighted by Crippen LogP contribution is 2.56. The summed E-state index contributed by atoms with van der Waals surface area (Å²) in [6, 6.07) is 11.8. The second-order valence-corrected chi connectivity index (χ2v) is 6.70. The van der Waals surface area contributed by atoms with Crippen molar-refractivity contribution in [3.8, 4) is 0 Å². The van der Waals surface area contributed by atoms with Gasteiger partial charge in [-0.3, -0.25) is 4.79 Å². The SMILES string of the molecule is Nc1c(Cl)ccc(C(=O)NC2C3Cc4ccccc4C32)c1Cl. The van der Waals surface area contributed by atoms with E-state index in [1.54, 1.807) is 12.1 Å². The number of benzene rings is 2. The summed E-state index contributed by atoms with van der Waals surface area (Å²) in [6.07, 6.45) is 1.03. The van der Waals surface area contributed by atoms with Gasteiger partial charge in [0.05, 0.1) is 21.3 Å². The minimum absolute atomic E-state index is 0.190. The Kier molecular flexibility index (Phi) is 3.10. The smallest absolute Gasteiger partial charge is 0.253 e. The molecule has 0 radical (unpaired) electrons. The molecule has 1 saturated carbocycles. The molecule has 0 bridgehead atoms. The van der Waals surface area contributed by atoms with E-state index in [0.29, 0.717) is 22.4 Å². The molecule has 2 aliphatic carbocycles. The van der Waals surface area contributed by atoms with Gasteiger partial charge in [-0.1, -0.05) is 47.5 Å². The number of halogens is 2. The van der Waals surface area contributed by atoms with Gasteiger partial charge < -0.3 is 11.1 Å². The van der Waals surface area contributed by atoms with E-state index in [-0.39, 0.29) is 22.7 Å². The first-order valence-electron chi connectivity index (χ1n) is 7.20. The van der Waals surface area contributed by atoms with Gasteiger partial charge in [0.2, 0.25) is 0 Å². The van der Waals surface area contributed by atoms with Crippen LogP contribution in [-0.2, 0) is 6.42 Å². The Morgan fingerprint density at radius 2 is 1.95 bits per heavy atom. The first kappa shape index (κ1) is 13.9. The van der Waals surface area contributed by atoms with Crippen LogP contribution in [0.15, 0.2) is 36.4 Å². The highest BCUT2D eigenvalue weighted by molar-refractivity contribution is 6.40. The molecule has 0 aromatic heterocycles. The van der Waals surface area contributed by atoms with E-state index in [1.165, 1.54) is 11.1 Å². The number of fused-ring (bicyclic) bond motifs is 3. The lowest BCUT2D eigenvalue weighted by atomic mass is 10.0. The van der Waals surface area contributed by atoms with Gasteiger partial charge in [-0.25, -0.2) is 0 Å². The molecule has 2 aromatic rings. The maximum atomic E-state index is 12.4. The predicted octanol–water partition coefficient (Wildman–Crippen LogP) is 3.64. The summed E-state index contributed by atoms with van der Waals surface area (Å²) in [5.74, 6) is 0.749. The average molecular weight is 333 g/mol. The van der Waals surface area contributed by atoms with Crippen molar-refractivity contribution in [2.24, 2.45) is 5.92 Å². The maximum absolute atomic E-state index is 12.4. The number of carbonyl (C=O) groups excluding carboxylic acids is 1. The Bertz CT molecular complexity index is 790. The zero-order valence-electron chi connectivity index (χ0n) is 11.6. The lowest BCUT2D eigenvalue weighted by molar-refractivity contribution is 0.0948. The summed E-state index contributed by atoms with van der Waals surface area (Å²) in [4.78, 5) is 12.4. The molecule has 22 heavy (non-hydrogen) atoms. The zero-order chi connectivity index (χ0) is 15.4. The first-order valence-corrected chi connectivity index (χ1v) is 7.95. The number of nitrogen functional groups attached to an aromatic ring is 1. The summed E-state index contributed by atoms with van der Waals surface area (Å²) in [5, 5.41) is 3.66. The Balaban J connectivity index is 1.53. The summed E-state index contributed by atoms with van der Waals surface area (Å²) in [5.41, 5.74) is 9.16. The number of nitrogens with two attached hydrogens (primary N) is 1. The van der Waals surface area contributed by atoms with Crippen LogP contribution in [0.5, 0.6) is 0 Å². The van der Waals surface area contributed by atoms with Gasteiger partial charge in [0.25, 0.3) is 5.91 Å². The fourth-order valence-corrected chi connectivity index (χ4v) is 3.98. The molecule has 3 N–H and O–H groups in total. The molecular formula is C17H14Cl2N2O. The second kappa shape index (κ2) is 4.90. The zero-order valence-corrected chi connectivity index (χ0v) is 13.2. The van der Waals surface area contributed by atoms with E-state index in [9.17, 15) is 4.79 Å². The van der Waals surface area contributed by atoms with Crippen LogP contribution in [0.4, 0.5) is 5.69 Å². The van der Waals surface area contributed by atoms with E-state index in [2.05, 4.69) is 29.6 Å². The highest BCUT2D eigenvalue weighted by atomic mass is 35.5. The van der Waals surface area contributed by atoms with Crippen LogP contribution < -0.4 is 11.1 Å². The van der Waals surface area contributed by atoms with Crippen molar-refractivity contribution >= 4 is 34.8 Å². The van der Waals surface area contributed by atoms with Gasteiger partial charge in [-0.15, -0.1) is 0 Å². The molecule has 5 heteroatoms. The first-order chi connectivity index (χ1) is 10.6. The topological polar surface area (TPSA) is 55.1 Å². The lowest BCUT2D eigenvalue weighted by Gasteiger charge is -2.11. The minimum Gasteiger partial charge on any atom is -0.396 e. The number of nitrogens with one attached hydrogen (secondary N) is 1. The summed E-state index contributed by atoms with van der Waals surface area (Å²) < 4.78 is 0. The van der Waals surface area contributed by atoms with Crippen LogP contribution in [-0.4, -0.2) is 11.9 Å². The fraction of sp³-hybridized carbons (Fsp3) is 0.235. The predicted molar refractivity (Wildman–Crippen MR) is 88.5 cm³/mol. The molecule has 0 heterocycles. The molecule has 3 nitrogen and oxygen atoms in total. The third kappa shape index (κ3) is 2.00. The van der Waals surface area contributed by atoms with Crippen LogP contribution in [0.3, 0.4) is 0 Å². The Hall–Kier alpha value is -1.71. The number of amides is 1. The number of hydrogen-bond donors (Lipinski definition) is 2. The van der Waals surface area contributed by atoms with Gasteiger partial charge in [-0.05, 0) is 35.6 Å². The molecule has 3 unspecified atom stereocenters. The third-order valence-corrected chi connectivity index (χ3v) is 5.44. The normalized spacial score (nSPS) is 24.5. The molecule has 1 fully saturated rings. The number of carbonyl (C=O) groups is 1. The van der Waals surface area contributed by atoms with Crippen molar-refractivity contribution in [2.75, 3.05) is 5.73 Å². The Labute approximate surface area is 138 Å². The summed E-state index contributed by atoms with van der Waals surface area (Å²) in [7, 11) is 0. The van der Waals surface area contributed by atoms with E-state index < -0.39 is 0 Å². The monoisotopic (exact) mass is 332 g/mol. The number of anilines is 1. The molecule has 112 valence electrons. The van der Waals surface area contributed by atoms with Crippen molar-refractivity contribution in [3.63, 3.8) is 0 Å². The van der Waals surface area contributed by atoms with Crippen LogP contribution in [0, 0.1) is 5.92 Å². The second-order valence-electron chi connectivity index (χ2n) is 5.91. The van der Waals surface area contributed by atoms with Crippen LogP contribution >= 0.6 is 23.2 Å². The van der Waals surface area contributed by atoms with Crippen molar-refractivity contribution in [1.82, 2.24) is 5.32 Å². The number of rotatable bonds is 2. The van der Waals surface area contributed by atoms with E-state index in [0.717, 1.165) is 6.42 Å². The van der Waals surface area contributed by atoms with Crippen molar-refractivity contribution in [3.05, 3.63) is 63.1 Å². The van der Waals surface area contributed by atoms with Crippen molar-refractivity contribution < 1.29 is 4.79 Å². The van der Waals surface area contributed by atoms with Crippen molar-refractivity contribution in [2.45, 2.75) is 18.4 Å². The van der Waals surface area contributed by atoms with E-state index in [4.69, 9.17) is 28.9 Å². The number of hydrogen-bond acceptors (Lipinski definition) is 2. The molecule has 4 rings (SSSR count). The fourth-order valence-electron chi connectivity index (χ4n) is 3.52. The third-order valence-electron chi connectivity index (χ3n) is 4.71. The molecule has 0 saturated heterocycles.